The molecule has 0 aliphatic heterocycles. The summed E-state index contributed by atoms with van der Waals surface area (Å²) in [6, 6.07) is 10.0. The van der Waals surface area contributed by atoms with Gasteiger partial charge in [-0.3, -0.25) is 9.59 Å². The Morgan fingerprint density at radius 1 is 0.909 bits per heavy atom. The highest BCUT2D eigenvalue weighted by Crippen LogP contribution is 2.14. The highest BCUT2D eigenvalue weighted by atomic mass is 16.2. The van der Waals surface area contributed by atoms with Gasteiger partial charge in [0.25, 0.3) is 10.9 Å². The van der Waals surface area contributed by atoms with Crippen molar-refractivity contribution < 1.29 is 0 Å². The van der Waals surface area contributed by atoms with Gasteiger partial charge in [-0.25, -0.2) is 0 Å². The van der Waals surface area contributed by atoms with Crippen LogP contribution in [-0.4, -0.2) is 38.6 Å². The first kappa shape index (κ1) is 16.2. The van der Waals surface area contributed by atoms with Crippen LogP contribution in [-0.2, 0) is 6.42 Å². The number of nitrogens with one attached hydrogen (secondary N) is 2. The van der Waals surface area contributed by atoms with Crippen LogP contribution < -0.4 is 21.5 Å². The minimum absolute atomic E-state index is 0.410. The Morgan fingerprint density at radius 2 is 1.50 bits per heavy atom. The maximum absolute atomic E-state index is 11.6. The van der Waals surface area contributed by atoms with E-state index in [0.29, 0.717) is 24.5 Å². The molecule has 0 fully saturated rings. The van der Waals surface area contributed by atoms with Crippen LogP contribution in [0.15, 0.2) is 39.9 Å². The summed E-state index contributed by atoms with van der Waals surface area (Å²) in [6.45, 7) is 2.27. The van der Waals surface area contributed by atoms with Gasteiger partial charge in [-0.2, -0.15) is 0 Å². The first-order valence-electron chi connectivity index (χ1n) is 7.59. The summed E-state index contributed by atoms with van der Waals surface area (Å²) in [4.78, 5) is 25.3. The topological polar surface area (TPSA) is 61.4 Å². The van der Waals surface area contributed by atoms with E-state index in [4.69, 9.17) is 0 Å². The second-order valence-electron chi connectivity index (χ2n) is 5.65. The summed E-state index contributed by atoms with van der Waals surface area (Å²) in [5.74, 6) is 0. The molecule has 118 valence electrons. The van der Waals surface area contributed by atoms with E-state index in [0.717, 1.165) is 19.4 Å². The minimum Gasteiger partial charge on any atom is -0.380 e. The molecule has 0 aromatic heterocycles. The van der Waals surface area contributed by atoms with E-state index >= 15 is 0 Å². The molecule has 0 atom stereocenters. The fourth-order valence-corrected chi connectivity index (χ4v) is 2.31. The Labute approximate surface area is 130 Å². The van der Waals surface area contributed by atoms with E-state index in [1.54, 1.807) is 0 Å². The SMILES string of the molecule is CN(C)CCCNc1c(NCCc2ccccc2)c(=O)c1=O. The molecule has 0 aliphatic rings. The normalized spacial score (nSPS) is 11.0. The first-order valence-corrected chi connectivity index (χ1v) is 7.59. The first-order chi connectivity index (χ1) is 10.6. The van der Waals surface area contributed by atoms with Gasteiger partial charge in [0.2, 0.25) is 0 Å². The molecular weight excluding hydrogens is 278 g/mol. The third kappa shape index (κ3) is 4.18. The lowest BCUT2D eigenvalue weighted by atomic mass is 10.1. The van der Waals surface area contributed by atoms with Crippen LogP contribution in [0.25, 0.3) is 0 Å². The number of benzene rings is 1. The molecular formula is C17H23N3O2. The summed E-state index contributed by atoms with van der Waals surface area (Å²) in [5.41, 5.74) is 1.26. The molecule has 5 heteroatoms. The lowest BCUT2D eigenvalue weighted by molar-refractivity contribution is 0.405. The maximum atomic E-state index is 11.6. The number of hydrogen-bond acceptors (Lipinski definition) is 5. The molecule has 0 bridgehead atoms. The van der Waals surface area contributed by atoms with Gasteiger partial charge in [-0.15, -0.1) is 0 Å². The average molecular weight is 301 g/mol. The van der Waals surface area contributed by atoms with Crippen molar-refractivity contribution in [2.45, 2.75) is 12.8 Å². The zero-order valence-electron chi connectivity index (χ0n) is 13.2. The third-order valence-electron chi connectivity index (χ3n) is 3.55. The second kappa shape index (κ2) is 7.75. The van der Waals surface area contributed by atoms with Gasteiger partial charge in [0, 0.05) is 13.1 Å². The average Bonchev–Trinajstić information content (AvgIpc) is 2.52. The van der Waals surface area contributed by atoms with Gasteiger partial charge in [-0.1, -0.05) is 30.3 Å². The Hall–Kier alpha value is -2.14. The number of anilines is 2. The smallest absolute Gasteiger partial charge is 0.253 e. The standard InChI is InChI=1S/C17H23N3O2/c1-20(2)12-6-10-18-14-15(17(22)16(14)21)19-11-9-13-7-4-3-5-8-13/h3-5,7-8,18-19H,6,9-12H2,1-2H3. The van der Waals surface area contributed by atoms with Crippen molar-refractivity contribution in [1.82, 2.24) is 4.90 Å². The number of rotatable bonds is 9. The second-order valence-corrected chi connectivity index (χ2v) is 5.65. The molecule has 2 N–H and O–H groups in total. The summed E-state index contributed by atoms with van der Waals surface area (Å²) >= 11 is 0. The van der Waals surface area contributed by atoms with Crippen LogP contribution in [0.2, 0.25) is 0 Å². The Bertz CT molecular complexity index is 658. The fraction of sp³-hybridized carbons (Fsp3) is 0.412. The molecule has 0 radical (unpaired) electrons. The lowest BCUT2D eigenvalue weighted by Crippen LogP contribution is -2.38. The monoisotopic (exact) mass is 301 g/mol. The van der Waals surface area contributed by atoms with Crippen molar-refractivity contribution in [3.05, 3.63) is 56.3 Å². The molecule has 2 aromatic carbocycles. The maximum Gasteiger partial charge on any atom is 0.253 e. The van der Waals surface area contributed by atoms with Crippen LogP contribution in [0.4, 0.5) is 11.4 Å². The van der Waals surface area contributed by atoms with Gasteiger partial charge < -0.3 is 15.5 Å². The van der Waals surface area contributed by atoms with E-state index in [1.165, 1.54) is 5.56 Å². The van der Waals surface area contributed by atoms with Crippen molar-refractivity contribution in [3.8, 4) is 0 Å². The lowest BCUT2D eigenvalue weighted by Gasteiger charge is -2.15. The van der Waals surface area contributed by atoms with Crippen molar-refractivity contribution in [3.63, 3.8) is 0 Å². The van der Waals surface area contributed by atoms with Crippen LogP contribution in [0.1, 0.15) is 12.0 Å². The molecule has 0 spiro atoms. The van der Waals surface area contributed by atoms with Gasteiger partial charge in [0.15, 0.2) is 0 Å². The number of hydrogen-bond donors (Lipinski definition) is 2. The summed E-state index contributed by atoms with van der Waals surface area (Å²) in [7, 11) is 4.02. The van der Waals surface area contributed by atoms with Crippen LogP contribution in [0, 0.1) is 0 Å². The highest BCUT2D eigenvalue weighted by molar-refractivity contribution is 5.73. The quantitative estimate of drug-likeness (QED) is 0.540. The van der Waals surface area contributed by atoms with Gasteiger partial charge >= 0.3 is 0 Å². The molecule has 2 aromatic rings. The Kier molecular flexibility index (Phi) is 5.72. The molecule has 22 heavy (non-hydrogen) atoms. The molecule has 5 nitrogen and oxygen atoms in total. The fourth-order valence-electron chi connectivity index (χ4n) is 2.31. The predicted molar refractivity (Wildman–Crippen MR) is 91.7 cm³/mol. The number of nitrogens with zero attached hydrogens (tertiary/aromatic N) is 1. The predicted octanol–water partition coefficient (Wildman–Crippen LogP) is 1.30. The Balaban J connectivity index is 1.82. The van der Waals surface area contributed by atoms with Crippen LogP contribution in [0.5, 0.6) is 0 Å². The summed E-state index contributed by atoms with van der Waals surface area (Å²) in [5, 5.41) is 6.16. The summed E-state index contributed by atoms with van der Waals surface area (Å²) in [6.07, 6.45) is 1.75. The van der Waals surface area contributed by atoms with E-state index in [9.17, 15) is 9.59 Å². The molecule has 0 heterocycles. The largest absolute Gasteiger partial charge is 0.380 e. The molecule has 0 unspecified atom stereocenters. The van der Waals surface area contributed by atoms with Gasteiger partial charge in [0.05, 0.1) is 0 Å². The zero-order chi connectivity index (χ0) is 15.9. The van der Waals surface area contributed by atoms with E-state index in [-0.39, 0.29) is 0 Å². The molecule has 2 rings (SSSR count). The van der Waals surface area contributed by atoms with Gasteiger partial charge in [-0.05, 0) is 39.0 Å². The van der Waals surface area contributed by atoms with Crippen LogP contribution >= 0.6 is 0 Å². The highest BCUT2D eigenvalue weighted by Gasteiger charge is 2.19. The minimum atomic E-state index is -0.414. The molecule has 0 saturated carbocycles. The van der Waals surface area contributed by atoms with Crippen molar-refractivity contribution >= 4 is 11.4 Å². The van der Waals surface area contributed by atoms with E-state index < -0.39 is 10.9 Å². The molecule has 0 amide bonds. The van der Waals surface area contributed by atoms with Gasteiger partial charge in [0.1, 0.15) is 11.4 Å². The van der Waals surface area contributed by atoms with Crippen molar-refractivity contribution in [1.29, 1.82) is 0 Å². The summed E-state index contributed by atoms with van der Waals surface area (Å²) < 4.78 is 0. The molecule has 0 aliphatic carbocycles. The Morgan fingerprint density at radius 3 is 2.09 bits per heavy atom. The van der Waals surface area contributed by atoms with Crippen LogP contribution in [0.3, 0.4) is 0 Å². The van der Waals surface area contributed by atoms with Crippen molar-refractivity contribution in [2.75, 3.05) is 44.4 Å². The van der Waals surface area contributed by atoms with Crippen molar-refractivity contribution in [2.24, 2.45) is 0 Å². The zero-order valence-corrected chi connectivity index (χ0v) is 13.2. The van der Waals surface area contributed by atoms with E-state index in [2.05, 4.69) is 15.5 Å². The van der Waals surface area contributed by atoms with E-state index in [1.807, 2.05) is 44.4 Å². The third-order valence-corrected chi connectivity index (χ3v) is 3.55. The molecule has 0 saturated heterocycles.